The lowest BCUT2D eigenvalue weighted by Gasteiger charge is -2.33. The molecule has 1 aromatic carbocycles. The van der Waals surface area contributed by atoms with Crippen LogP contribution in [0.15, 0.2) is 45.6 Å². The second-order valence-electron chi connectivity index (χ2n) is 7.29. The lowest BCUT2D eigenvalue weighted by Crippen LogP contribution is -2.48. The number of nitrogens with zero attached hydrogens (tertiary/aromatic N) is 1. The molecule has 0 radical (unpaired) electrons. The van der Waals surface area contributed by atoms with Gasteiger partial charge in [-0.05, 0) is 31.4 Å². The zero-order valence-electron chi connectivity index (χ0n) is 15.5. The smallest absolute Gasteiger partial charge is 0.290 e. The molecule has 6 heteroatoms. The van der Waals surface area contributed by atoms with Crippen molar-refractivity contribution in [3.8, 4) is 0 Å². The fourth-order valence-corrected chi connectivity index (χ4v) is 4.57. The Kier molecular flexibility index (Phi) is 4.13. The van der Waals surface area contributed by atoms with Gasteiger partial charge in [0.05, 0.1) is 11.5 Å². The van der Waals surface area contributed by atoms with Crippen molar-refractivity contribution in [2.24, 2.45) is 0 Å². The minimum atomic E-state index is -0.744. The van der Waals surface area contributed by atoms with E-state index in [0.717, 1.165) is 17.7 Å². The van der Waals surface area contributed by atoms with Crippen LogP contribution in [0.4, 0.5) is 5.69 Å². The van der Waals surface area contributed by atoms with Crippen molar-refractivity contribution >= 4 is 17.5 Å². The van der Waals surface area contributed by atoms with Crippen molar-refractivity contribution in [2.75, 3.05) is 11.9 Å². The summed E-state index contributed by atoms with van der Waals surface area (Å²) in [5.41, 5.74) is 0.772. The molecule has 0 aliphatic carbocycles. The Morgan fingerprint density at radius 2 is 2.07 bits per heavy atom. The monoisotopic (exact) mass is 366 g/mol. The van der Waals surface area contributed by atoms with Crippen molar-refractivity contribution in [1.29, 1.82) is 0 Å². The molecule has 2 aliphatic heterocycles. The van der Waals surface area contributed by atoms with Gasteiger partial charge in [0, 0.05) is 24.4 Å². The van der Waals surface area contributed by atoms with Crippen LogP contribution in [0.1, 0.15) is 48.1 Å². The molecule has 140 valence electrons. The van der Waals surface area contributed by atoms with E-state index in [1.165, 1.54) is 12.1 Å². The maximum absolute atomic E-state index is 13.2. The average Bonchev–Trinajstić information content (AvgIpc) is 3.14. The van der Waals surface area contributed by atoms with Gasteiger partial charge >= 0.3 is 0 Å². The second-order valence-corrected chi connectivity index (χ2v) is 7.29. The van der Waals surface area contributed by atoms with Crippen molar-refractivity contribution in [3.05, 3.63) is 63.7 Å². The number of para-hydroxylation sites is 1. The number of likely N-dealkylation sites (tertiary alicyclic amines) is 1. The summed E-state index contributed by atoms with van der Waals surface area (Å²) >= 11 is 0. The summed E-state index contributed by atoms with van der Waals surface area (Å²) in [5, 5.41) is 2.99. The van der Waals surface area contributed by atoms with Gasteiger partial charge < -0.3 is 14.6 Å². The number of anilines is 1. The molecule has 0 saturated carbocycles. The van der Waals surface area contributed by atoms with Gasteiger partial charge in [0.2, 0.25) is 5.91 Å². The van der Waals surface area contributed by atoms with Crippen LogP contribution in [-0.2, 0) is 10.2 Å². The Morgan fingerprint density at radius 1 is 1.30 bits per heavy atom. The first-order valence-corrected chi connectivity index (χ1v) is 9.31. The number of rotatable bonds is 3. The van der Waals surface area contributed by atoms with E-state index in [1.54, 1.807) is 11.8 Å². The second kappa shape index (κ2) is 6.37. The largest absolute Gasteiger partial charge is 0.456 e. The lowest BCUT2D eigenvalue weighted by molar-refractivity contribution is -0.121. The zero-order valence-corrected chi connectivity index (χ0v) is 15.5. The minimum absolute atomic E-state index is 0.0323. The molecule has 27 heavy (non-hydrogen) atoms. The van der Waals surface area contributed by atoms with Gasteiger partial charge in [0.15, 0.2) is 11.2 Å². The predicted molar refractivity (Wildman–Crippen MR) is 101 cm³/mol. The number of carbonyl (C=O) groups excluding carboxylic acids is 2. The molecule has 1 N–H and O–H groups in total. The van der Waals surface area contributed by atoms with Gasteiger partial charge in [0.1, 0.15) is 5.76 Å². The van der Waals surface area contributed by atoms with E-state index in [-0.39, 0.29) is 29.0 Å². The molecule has 2 aliphatic rings. The van der Waals surface area contributed by atoms with Crippen LogP contribution in [0.3, 0.4) is 0 Å². The number of amides is 2. The minimum Gasteiger partial charge on any atom is -0.456 e. The van der Waals surface area contributed by atoms with Crippen LogP contribution in [-0.4, -0.2) is 29.3 Å². The highest BCUT2D eigenvalue weighted by atomic mass is 16.3. The van der Waals surface area contributed by atoms with Gasteiger partial charge in [0.25, 0.3) is 5.91 Å². The van der Waals surface area contributed by atoms with E-state index >= 15 is 0 Å². The van der Waals surface area contributed by atoms with Crippen molar-refractivity contribution in [1.82, 2.24) is 4.90 Å². The summed E-state index contributed by atoms with van der Waals surface area (Å²) in [5.74, 6) is 0.0482. The van der Waals surface area contributed by atoms with Crippen LogP contribution in [0.25, 0.3) is 0 Å². The maximum Gasteiger partial charge on any atom is 0.290 e. The third-order valence-electron chi connectivity index (χ3n) is 5.68. The predicted octanol–water partition coefficient (Wildman–Crippen LogP) is 2.85. The molecule has 1 saturated heterocycles. The zero-order chi connectivity index (χ0) is 19.2. The molecule has 1 spiro atoms. The molecule has 0 unspecified atom stereocenters. The van der Waals surface area contributed by atoms with Crippen LogP contribution in [0.2, 0.25) is 0 Å². The summed E-state index contributed by atoms with van der Waals surface area (Å²) in [4.78, 5) is 39.7. The standard InChI is InChI=1S/C21H22N2O4/c1-3-6-18-21(15-7-4-5-8-16(15)22-20(21)26)9-10-23(18)19(25)17-12-14(24)11-13(2)27-17/h4-5,7-8,11-12,18H,3,6,9-10H2,1-2H3,(H,22,26)/t18-,21-/m0/s1. The number of carbonyl (C=O) groups is 2. The molecule has 1 aromatic heterocycles. The number of nitrogens with one attached hydrogen (secondary N) is 1. The molecular weight excluding hydrogens is 344 g/mol. The first kappa shape index (κ1) is 17.5. The van der Waals surface area contributed by atoms with E-state index in [2.05, 4.69) is 5.32 Å². The fourth-order valence-electron chi connectivity index (χ4n) is 4.57. The number of hydrogen-bond donors (Lipinski definition) is 1. The summed E-state index contributed by atoms with van der Waals surface area (Å²) in [6.07, 6.45) is 2.09. The molecule has 6 nitrogen and oxygen atoms in total. The Hall–Kier alpha value is -2.89. The van der Waals surface area contributed by atoms with Crippen LogP contribution in [0.5, 0.6) is 0 Å². The van der Waals surface area contributed by atoms with E-state index in [4.69, 9.17) is 4.42 Å². The topological polar surface area (TPSA) is 79.6 Å². The highest BCUT2D eigenvalue weighted by molar-refractivity contribution is 6.08. The quantitative estimate of drug-likeness (QED) is 0.906. The maximum atomic E-state index is 13.2. The van der Waals surface area contributed by atoms with E-state index in [0.29, 0.717) is 25.1 Å². The summed E-state index contributed by atoms with van der Waals surface area (Å²) in [7, 11) is 0. The van der Waals surface area contributed by atoms with Gasteiger partial charge in [-0.1, -0.05) is 31.5 Å². The third-order valence-corrected chi connectivity index (χ3v) is 5.68. The van der Waals surface area contributed by atoms with Crippen molar-refractivity contribution < 1.29 is 14.0 Å². The fraction of sp³-hybridized carbons (Fsp3) is 0.381. The van der Waals surface area contributed by atoms with E-state index < -0.39 is 5.41 Å². The van der Waals surface area contributed by atoms with Crippen LogP contribution in [0, 0.1) is 6.92 Å². The van der Waals surface area contributed by atoms with Gasteiger partial charge in [-0.3, -0.25) is 14.4 Å². The number of hydrogen-bond acceptors (Lipinski definition) is 4. The molecule has 0 bridgehead atoms. The molecular formula is C21H22N2O4. The summed E-state index contributed by atoms with van der Waals surface area (Å²) in [6.45, 7) is 4.14. The lowest BCUT2D eigenvalue weighted by atomic mass is 9.73. The Balaban J connectivity index is 1.77. The van der Waals surface area contributed by atoms with E-state index in [9.17, 15) is 14.4 Å². The molecule has 2 amide bonds. The highest BCUT2D eigenvalue weighted by Crippen LogP contribution is 2.49. The van der Waals surface area contributed by atoms with Crippen molar-refractivity contribution in [3.63, 3.8) is 0 Å². The number of fused-ring (bicyclic) bond motifs is 2. The van der Waals surface area contributed by atoms with Crippen LogP contribution < -0.4 is 10.7 Å². The average molecular weight is 366 g/mol. The normalized spacial score (nSPS) is 23.6. The van der Waals surface area contributed by atoms with Crippen molar-refractivity contribution in [2.45, 2.75) is 44.6 Å². The molecule has 4 rings (SSSR count). The first-order chi connectivity index (χ1) is 13.0. The Morgan fingerprint density at radius 3 is 2.81 bits per heavy atom. The van der Waals surface area contributed by atoms with Gasteiger partial charge in [-0.2, -0.15) is 0 Å². The molecule has 1 fully saturated rings. The van der Waals surface area contributed by atoms with Crippen LogP contribution >= 0.6 is 0 Å². The van der Waals surface area contributed by atoms with E-state index in [1.807, 2.05) is 31.2 Å². The van der Waals surface area contributed by atoms with Gasteiger partial charge in [-0.25, -0.2) is 0 Å². The number of aryl methyl sites for hydroxylation is 1. The molecule has 2 aromatic rings. The summed E-state index contributed by atoms with van der Waals surface area (Å²) in [6, 6.07) is 9.99. The SMILES string of the molecule is CCC[C@@H]1N(C(=O)c2cc(=O)cc(C)o2)CC[C@@]12C(=O)Nc1ccccc12. The number of benzene rings is 1. The third kappa shape index (κ3) is 2.59. The Bertz CT molecular complexity index is 980. The molecule has 3 heterocycles. The van der Waals surface area contributed by atoms with Gasteiger partial charge in [-0.15, -0.1) is 0 Å². The first-order valence-electron chi connectivity index (χ1n) is 9.31. The Labute approximate surface area is 157 Å². The molecule has 2 atom stereocenters. The summed E-state index contributed by atoms with van der Waals surface area (Å²) < 4.78 is 5.51. The highest BCUT2D eigenvalue weighted by Gasteiger charge is 2.58.